The highest BCUT2D eigenvalue weighted by Crippen LogP contribution is 2.46. The molecule has 5 rings (SSSR count). The maximum atomic E-state index is 13.1. The number of hydrogen-bond acceptors (Lipinski definition) is 6. The summed E-state index contributed by atoms with van der Waals surface area (Å²) in [7, 11) is 0. The molecule has 1 atom stereocenters. The molecule has 0 aliphatic carbocycles. The van der Waals surface area contributed by atoms with Crippen LogP contribution in [0.2, 0.25) is 0 Å². The molecule has 0 spiro atoms. The molecule has 0 unspecified atom stereocenters. The van der Waals surface area contributed by atoms with E-state index in [-0.39, 0.29) is 5.78 Å². The Bertz CT molecular complexity index is 1050. The highest BCUT2D eigenvalue weighted by Gasteiger charge is 2.50. The van der Waals surface area contributed by atoms with Crippen molar-refractivity contribution in [2.45, 2.75) is 18.9 Å². The van der Waals surface area contributed by atoms with Gasteiger partial charge in [-0.2, -0.15) is 0 Å². The smallest absolute Gasteiger partial charge is 0.205 e. The third kappa shape index (κ3) is 1.67. The fraction of sp³-hybridized carbons (Fsp3) is 0.222. The first-order chi connectivity index (χ1) is 11.6. The fourth-order valence-electron chi connectivity index (χ4n) is 3.56. The molecule has 3 aromatic rings. The van der Waals surface area contributed by atoms with Gasteiger partial charge in [0, 0.05) is 28.8 Å². The molecule has 6 heteroatoms. The highest BCUT2D eigenvalue weighted by atomic mass is 32.1. The third-order valence-electron chi connectivity index (χ3n) is 4.80. The molecule has 0 fully saturated rings. The van der Waals surface area contributed by atoms with Gasteiger partial charge in [0.15, 0.2) is 5.60 Å². The number of amidine groups is 1. The lowest BCUT2D eigenvalue weighted by Gasteiger charge is -2.29. The van der Waals surface area contributed by atoms with Crippen LogP contribution in [-0.4, -0.2) is 28.9 Å². The predicted octanol–water partition coefficient (Wildman–Crippen LogP) is 3.61. The lowest BCUT2D eigenvalue weighted by Crippen LogP contribution is -2.50. The van der Waals surface area contributed by atoms with Crippen molar-refractivity contribution in [2.24, 2.45) is 4.99 Å². The Morgan fingerprint density at radius 1 is 1.33 bits per heavy atom. The van der Waals surface area contributed by atoms with Gasteiger partial charge in [-0.1, -0.05) is 12.1 Å². The Kier molecular flexibility index (Phi) is 2.65. The van der Waals surface area contributed by atoms with E-state index in [1.54, 1.807) is 6.26 Å². The van der Waals surface area contributed by atoms with Crippen molar-refractivity contribution in [2.75, 3.05) is 11.9 Å². The molecule has 120 valence electrons. The van der Waals surface area contributed by atoms with Gasteiger partial charge in [-0.05, 0) is 24.6 Å². The molecule has 24 heavy (non-hydrogen) atoms. The van der Waals surface area contributed by atoms with Gasteiger partial charge in [-0.25, -0.2) is 0 Å². The van der Waals surface area contributed by atoms with Gasteiger partial charge in [-0.15, -0.1) is 11.3 Å². The predicted molar refractivity (Wildman–Crippen MR) is 94.1 cm³/mol. The SMILES string of the molecule is Cc1sc2c(c1-c1ccc3ccoc3c1)C(=O)[C@]1(O)CCN=C1N2. The maximum absolute atomic E-state index is 13.1. The van der Waals surface area contributed by atoms with E-state index >= 15 is 0 Å². The molecule has 5 nitrogen and oxygen atoms in total. The topological polar surface area (TPSA) is 74.8 Å². The minimum atomic E-state index is -1.51. The van der Waals surface area contributed by atoms with Gasteiger partial charge >= 0.3 is 0 Å². The minimum absolute atomic E-state index is 0.258. The Morgan fingerprint density at radius 3 is 3.08 bits per heavy atom. The van der Waals surface area contributed by atoms with E-state index in [0.29, 0.717) is 24.4 Å². The number of ketones is 1. The second-order valence-corrected chi connectivity index (χ2v) is 7.43. The quantitative estimate of drug-likeness (QED) is 0.711. The van der Waals surface area contributed by atoms with Crippen molar-refractivity contribution < 1.29 is 14.3 Å². The zero-order valence-corrected chi connectivity index (χ0v) is 13.7. The van der Waals surface area contributed by atoms with E-state index in [1.807, 2.05) is 31.2 Å². The van der Waals surface area contributed by atoms with Crippen LogP contribution in [0.1, 0.15) is 21.7 Å². The van der Waals surface area contributed by atoms with Gasteiger partial charge in [0.05, 0.1) is 11.8 Å². The molecule has 0 bridgehead atoms. The molecule has 1 aromatic carbocycles. The van der Waals surface area contributed by atoms with Gasteiger partial charge < -0.3 is 14.8 Å². The van der Waals surface area contributed by atoms with E-state index in [2.05, 4.69) is 10.3 Å². The molecule has 2 aliphatic rings. The molecule has 2 aliphatic heterocycles. The number of aryl methyl sites for hydroxylation is 1. The normalized spacial score (nSPS) is 22.2. The van der Waals surface area contributed by atoms with Gasteiger partial charge in [0.2, 0.25) is 5.78 Å². The van der Waals surface area contributed by atoms with E-state index < -0.39 is 5.60 Å². The number of furan rings is 1. The van der Waals surface area contributed by atoms with Gasteiger partial charge in [0.25, 0.3) is 0 Å². The van der Waals surface area contributed by atoms with Crippen molar-refractivity contribution in [1.82, 2.24) is 0 Å². The lowest BCUT2D eigenvalue weighted by molar-refractivity contribution is 0.0598. The highest BCUT2D eigenvalue weighted by molar-refractivity contribution is 7.17. The Morgan fingerprint density at radius 2 is 2.21 bits per heavy atom. The number of thiophene rings is 1. The summed E-state index contributed by atoms with van der Waals surface area (Å²) in [6.07, 6.45) is 1.99. The first-order valence-corrected chi connectivity index (χ1v) is 8.60. The number of carbonyl (C=O) groups is 1. The summed E-state index contributed by atoms with van der Waals surface area (Å²) in [5.41, 5.74) is 1.62. The van der Waals surface area contributed by atoms with Crippen LogP contribution in [0.15, 0.2) is 39.9 Å². The number of carbonyl (C=O) groups excluding carboxylic acids is 1. The minimum Gasteiger partial charge on any atom is -0.464 e. The molecular weight excluding hydrogens is 324 g/mol. The van der Waals surface area contributed by atoms with Crippen molar-refractivity contribution in [3.05, 3.63) is 41.0 Å². The average Bonchev–Trinajstić information content (AvgIpc) is 3.24. The van der Waals surface area contributed by atoms with Gasteiger partial charge in [0.1, 0.15) is 16.4 Å². The lowest BCUT2D eigenvalue weighted by atomic mass is 9.85. The summed E-state index contributed by atoms with van der Waals surface area (Å²) < 4.78 is 5.49. The van der Waals surface area contributed by atoms with E-state index in [1.165, 1.54) is 11.3 Å². The molecule has 0 amide bonds. The molecule has 0 radical (unpaired) electrons. The van der Waals surface area contributed by atoms with E-state index in [4.69, 9.17) is 4.42 Å². The number of aliphatic imine (C=N–C) groups is 1. The number of nitrogens with zero attached hydrogens (tertiary/aromatic N) is 1. The molecule has 0 saturated carbocycles. The number of fused-ring (bicyclic) bond motifs is 3. The number of nitrogens with one attached hydrogen (secondary N) is 1. The largest absolute Gasteiger partial charge is 0.464 e. The Labute approximate surface area is 141 Å². The van der Waals surface area contributed by atoms with Crippen LogP contribution in [0.25, 0.3) is 22.1 Å². The van der Waals surface area contributed by atoms with E-state index in [0.717, 1.165) is 32.0 Å². The van der Waals surface area contributed by atoms with Crippen LogP contribution in [-0.2, 0) is 0 Å². The van der Waals surface area contributed by atoms with Crippen molar-refractivity contribution in [3.8, 4) is 11.1 Å². The molecular formula is C18H14N2O3S. The third-order valence-corrected chi connectivity index (χ3v) is 5.82. The van der Waals surface area contributed by atoms with Crippen LogP contribution >= 0.6 is 11.3 Å². The van der Waals surface area contributed by atoms with Crippen LogP contribution in [0, 0.1) is 6.92 Å². The number of hydrogen-bond donors (Lipinski definition) is 2. The van der Waals surface area contributed by atoms with Crippen molar-refractivity contribution >= 4 is 38.9 Å². The van der Waals surface area contributed by atoms with Crippen LogP contribution < -0.4 is 5.32 Å². The van der Waals surface area contributed by atoms with Crippen LogP contribution in [0.4, 0.5) is 5.00 Å². The monoisotopic (exact) mass is 338 g/mol. The second kappa shape index (κ2) is 4.55. The maximum Gasteiger partial charge on any atom is 0.205 e. The first-order valence-electron chi connectivity index (χ1n) is 7.78. The zero-order chi connectivity index (χ0) is 16.5. The van der Waals surface area contributed by atoms with Crippen LogP contribution in [0.3, 0.4) is 0 Å². The summed E-state index contributed by atoms with van der Waals surface area (Å²) in [4.78, 5) is 18.3. The second-order valence-electron chi connectivity index (χ2n) is 6.21. The number of Topliss-reactive ketones (excluding diaryl/α,β-unsaturated/α-hetero) is 1. The van der Waals surface area contributed by atoms with E-state index in [9.17, 15) is 9.90 Å². The zero-order valence-electron chi connectivity index (χ0n) is 12.9. The molecule has 2 N–H and O–H groups in total. The molecule has 2 aromatic heterocycles. The Hall–Kier alpha value is -2.44. The summed E-state index contributed by atoms with van der Waals surface area (Å²) >= 11 is 1.52. The molecule has 4 heterocycles. The first kappa shape index (κ1) is 13.9. The van der Waals surface area contributed by atoms with Crippen molar-refractivity contribution in [3.63, 3.8) is 0 Å². The number of aliphatic hydroxyl groups is 1. The summed E-state index contributed by atoms with van der Waals surface area (Å²) in [6.45, 7) is 2.45. The fourth-order valence-corrected chi connectivity index (χ4v) is 4.64. The summed E-state index contributed by atoms with van der Waals surface area (Å²) in [5, 5.41) is 15.7. The number of rotatable bonds is 1. The van der Waals surface area contributed by atoms with Crippen LogP contribution in [0.5, 0.6) is 0 Å². The average molecular weight is 338 g/mol. The Balaban J connectivity index is 1.75. The van der Waals surface area contributed by atoms with Crippen molar-refractivity contribution in [1.29, 1.82) is 0 Å². The number of benzene rings is 1. The summed E-state index contributed by atoms with van der Waals surface area (Å²) in [5.74, 6) is 0.126. The summed E-state index contributed by atoms with van der Waals surface area (Å²) in [6, 6.07) is 7.82. The van der Waals surface area contributed by atoms with Gasteiger partial charge in [-0.3, -0.25) is 9.79 Å². The molecule has 0 saturated heterocycles. The number of anilines is 1. The standard InChI is InChI=1S/C18H14N2O3S/c1-9-13(11-3-2-10-4-7-23-12(10)8-11)14-15(21)18(22)5-6-19-17(18)20-16(14)24-9/h2-4,7-8,22H,5-6H2,1H3,(H,19,20)/t18-/m1/s1.